The smallest absolute Gasteiger partial charge is 0.258 e. The lowest BCUT2D eigenvalue weighted by Crippen LogP contribution is -2.51. The van der Waals surface area contributed by atoms with E-state index in [2.05, 4.69) is 4.90 Å². The maximum absolute atomic E-state index is 12.4. The van der Waals surface area contributed by atoms with Crippen LogP contribution >= 0.6 is 0 Å². The van der Waals surface area contributed by atoms with Gasteiger partial charge < -0.3 is 9.47 Å². The molecule has 4 rings (SSSR count). The maximum Gasteiger partial charge on any atom is 0.258 e. The Morgan fingerprint density at radius 3 is 2.92 bits per heavy atom. The minimum atomic E-state index is -0.0858. The Balaban J connectivity index is 1.62. The number of ether oxygens (including phenoxy) is 2. The minimum absolute atomic E-state index is 0.0272. The molecular weight excluding hydrogens is 330 g/mol. The van der Waals surface area contributed by atoms with Gasteiger partial charge in [0.05, 0.1) is 17.4 Å². The van der Waals surface area contributed by atoms with Crippen LogP contribution in [0, 0.1) is 6.92 Å². The highest BCUT2D eigenvalue weighted by Gasteiger charge is 2.51. The van der Waals surface area contributed by atoms with Gasteiger partial charge in [0, 0.05) is 45.6 Å². The van der Waals surface area contributed by atoms with E-state index in [0.29, 0.717) is 18.2 Å². The van der Waals surface area contributed by atoms with Gasteiger partial charge in [-0.2, -0.15) is 0 Å². The number of hydrogen-bond donors (Lipinski definition) is 0. The summed E-state index contributed by atoms with van der Waals surface area (Å²) in [6, 6.07) is 5.85. The quantitative estimate of drug-likeness (QED) is 0.839. The molecule has 2 aromatic rings. The first-order valence-electron chi connectivity index (χ1n) is 9.35. The summed E-state index contributed by atoms with van der Waals surface area (Å²) in [5.74, 6) is 0. The van der Waals surface area contributed by atoms with Crippen LogP contribution in [0.15, 0.2) is 29.2 Å². The largest absolute Gasteiger partial charge is 0.381 e. The van der Waals surface area contributed by atoms with Gasteiger partial charge in [-0.25, -0.2) is 4.98 Å². The van der Waals surface area contributed by atoms with Crippen LogP contribution in [0.2, 0.25) is 0 Å². The molecule has 0 unspecified atom stereocenters. The van der Waals surface area contributed by atoms with Crippen molar-refractivity contribution in [2.24, 2.45) is 0 Å². The summed E-state index contributed by atoms with van der Waals surface area (Å²) in [6.45, 7) is 3.65. The van der Waals surface area contributed by atoms with Gasteiger partial charge in [0.25, 0.3) is 5.56 Å². The third kappa shape index (κ3) is 2.96. The number of nitrogens with zero attached hydrogens (tertiary/aromatic N) is 3. The van der Waals surface area contributed by atoms with Crippen LogP contribution in [0.1, 0.15) is 36.9 Å². The van der Waals surface area contributed by atoms with Gasteiger partial charge in [0.15, 0.2) is 0 Å². The van der Waals surface area contributed by atoms with Crippen molar-refractivity contribution in [3.05, 3.63) is 46.0 Å². The fraction of sp³-hybridized carbons (Fsp3) is 0.600. The summed E-state index contributed by atoms with van der Waals surface area (Å²) >= 11 is 0. The summed E-state index contributed by atoms with van der Waals surface area (Å²) in [4.78, 5) is 19.6. The predicted molar refractivity (Wildman–Crippen MR) is 99.4 cm³/mol. The third-order valence-corrected chi connectivity index (χ3v) is 6.23. The van der Waals surface area contributed by atoms with Crippen molar-refractivity contribution in [3.8, 4) is 0 Å². The van der Waals surface area contributed by atoms with Crippen LogP contribution < -0.4 is 5.56 Å². The van der Waals surface area contributed by atoms with Gasteiger partial charge in [0.1, 0.15) is 5.65 Å². The molecule has 140 valence electrons. The van der Waals surface area contributed by atoms with Crippen LogP contribution in [-0.2, 0) is 16.0 Å². The number of rotatable bonds is 4. The lowest BCUT2D eigenvalue weighted by atomic mass is 9.79. The Morgan fingerprint density at radius 2 is 2.15 bits per heavy atom. The molecule has 1 saturated heterocycles. The Hall–Kier alpha value is -1.76. The first kappa shape index (κ1) is 17.6. The molecule has 0 amide bonds. The Morgan fingerprint density at radius 1 is 1.31 bits per heavy atom. The molecule has 1 aliphatic carbocycles. The molecule has 1 saturated carbocycles. The van der Waals surface area contributed by atoms with Crippen molar-refractivity contribution in [1.82, 2.24) is 14.3 Å². The van der Waals surface area contributed by atoms with Crippen molar-refractivity contribution in [2.45, 2.75) is 56.9 Å². The summed E-state index contributed by atoms with van der Waals surface area (Å²) in [5.41, 5.74) is 2.52. The number of pyridine rings is 1. The van der Waals surface area contributed by atoms with Crippen LogP contribution in [0.25, 0.3) is 5.65 Å². The van der Waals surface area contributed by atoms with E-state index in [1.807, 2.05) is 26.2 Å². The highest BCUT2D eigenvalue weighted by atomic mass is 16.5. The van der Waals surface area contributed by atoms with Crippen molar-refractivity contribution in [1.29, 1.82) is 0 Å². The van der Waals surface area contributed by atoms with E-state index >= 15 is 0 Å². The van der Waals surface area contributed by atoms with Gasteiger partial charge in [0.2, 0.25) is 0 Å². The molecule has 0 radical (unpaired) electrons. The molecule has 6 heteroatoms. The first-order chi connectivity index (χ1) is 12.5. The lowest BCUT2D eigenvalue weighted by Gasteiger charge is -2.43. The van der Waals surface area contributed by atoms with Gasteiger partial charge >= 0.3 is 0 Å². The van der Waals surface area contributed by atoms with Crippen molar-refractivity contribution in [2.75, 3.05) is 20.8 Å². The van der Waals surface area contributed by atoms with Gasteiger partial charge in [-0.1, -0.05) is 0 Å². The molecule has 0 bridgehead atoms. The van der Waals surface area contributed by atoms with Crippen LogP contribution in [0.4, 0.5) is 0 Å². The van der Waals surface area contributed by atoms with E-state index in [-0.39, 0.29) is 17.3 Å². The SMILES string of the molecule is CO[C@H]1CC[C@@]2(OC)CCN(Cc3cc(=O)n4ccc(C)cc4n3)[C@H]2C1. The predicted octanol–water partition coefficient (Wildman–Crippen LogP) is 2.16. The van der Waals surface area contributed by atoms with E-state index in [0.717, 1.165) is 43.5 Å². The number of hydrogen-bond acceptors (Lipinski definition) is 5. The van der Waals surface area contributed by atoms with Crippen LogP contribution in [0.5, 0.6) is 0 Å². The number of aryl methyl sites for hydroxylation is 1. The molecule has 3 atom stereocenters. The molecule has 0 aromatic carbocycles. The maximum atomic E-state index is 12.4. The average molecular weight is 357 g/mol. The average Bonchev–Trinajstić information content (AvgIpc) is 2.99. The topological polar surface area (TPSA) is 56.1 Å². The van der Waals surface area contributed by atoms with Crippen molar-refractivity contribution < 1.29 is 9.47 Å². The summed E-state index contributed by atoms with van der Waals surface area (Å²) in [6.07, 6.45) is 6.13. The van der Waals surface area contributed by atoms with Crippen molar-refractivity contribution in [3.63, 3.8) is 0 Å². The zero-order valence-corrected chi connectivity index (χ0v) is 15.8. The van der Waals surface area contributed by atoms with E-state index in [1.54, 1.807) is 23.8 Å². The fourth-order valence-corrected chi connectivity index (χ4v) is 4.70. The molecule has 1 aliphatic heterocycles. The highest BCUT2D eigenvalue weighted by molar-refractivity contribution is 5.41. The Bertz CT molecular complexity index is 865. The lowest BCUT2D eigenvalue weighted by molar-refractivity contribution is -0.0948. The van der Waals surface area contributed by atoms with E-state index in [9.17, 15) is 4.79 Å². The number of aromatic nitrogens is 2. The molecule has 2 fully saturated rings. The first-order valence-corrected chi connectivity index (χ1v) is 9.35. The van der Waals surface area contributed by atoms with Gasteiger partial charge in [-0.05, 0) is 50.3 Å². The Labute approximate surface area is 153 Å². The summed E-state index contributed by atoms with van der Waals surface area (Å²) in [5, 5.41) is 0. The van der Waals surface area contributed by atoms with Crippen molar-refractivity contribution >= 4 is 5.65 Å². The van der Waals surface area contributed by atoms with Crippen LogP contribution in [0.3, 0.4) is 0 Å². The number of fused-ring (bicyclic) bond motifs is 2. The third-order valence-electron chi connectivity index (χ3n) is 6.23. The standard InChI is InChI=1S/C20H27N3O3/c1-14-5-8-23-18(10-14)21-15(11-19(23)24)13-22-9-7-20(26-3)6-4-16(25-2)12-17(20)22/h5,8,10-11,16-17H,4,6-7,9,12-13H2,1-3H3/t16-,17-,20+/m0/s1. The summed E-state index contributed by atoms with van der Waals surface area (Å²) in [7, 11) is 3.62. The monoisotopic (exact) mass is 357 g/mol. The van der Waals surface area contributed by atoms with E-state index < -0.39 is 0 Å². The zero-order valence-electron chi connectivity index (χ0n) is 15.8. The molecule has 26 heavy (non-hydrogen) atoms. The summed E-state index contributed by atoms with van der Waals surface area (Å²) < 4.78 is 13.2. The van der Waals surface area contributed by atoms with Crippen LogP contribution in [-0.4, -0.2) is 52.8 Å². The Kier molecular flexibility index (Phi) is 4.59. The molecule has 3 heterocycles. The second-order valence-corrected chi connectivity index (χ2v) is 7.66. The molecule has 0 N–H and O–H groups in total. The molecule has 2 aliphatic rings. The number of methoxy groups -OCH3 is 2. The van der Waals surface area contributed by atoms with Gasteiger partial charge in [-0.3, -0.25) is 14.1 Å². The molecule has 2 aromatic heterocycles. The van der Waals surface area contributed by atoms with E-state index in [1.165, 1.54) is 0 Å². The second kappa shape index (κ2) is 6.76. The molecule has 6 nitrogen and oxygen atoms in total. The second-order valence-electron chi connectivity index (χ2n) is 7.66. The normalized spacial score (nSPS) is 29.2. The highest BCUT2D eigenvalue weighted by Crippen LogP contribution is 2.43. The minimum Gasteiger partial charge on any atom is -0.381 e. The van der Waals surface area contributed by atoms with Gasteiger partial charge in [-0.15, -0.1) is 0 Å². The number of likely N-dealkylation sites (tertiary alicyclic amines) is 1. The van der Waals surface area contributed by atoms with E-state index in [4.69, 9.17) is 14.5 Å². The zero-order chi connectivity index (χ0) is 18.3. The molecule has 0 spiro atoms. The molecular formula is C20H27N3O3. The fourth-order valence-electron chi connectivity index (χ4n) is 4.70.